The van der Waals surface area contributed by atoms with Gasteiger partial charge in [-0.15, -0.1) is 0 Å². The molecular weight excluding hydrogens is 282 g/mol. The molecule has 1 aromatic carbocycles. The predicted octanol–water partition coefficient (Wildman–Crippen LogP) is 3.42. The minimum atomic E-state index is 0.0796. The van der Waals surface area contributed by atoms with Gasteiger partial charge in [-0.25, -0.2) is 0 Å². The molecule has 4 heteroatoms. The highest BCUT2D eigenvalue weighted by Gasteiger charge is 2.14. The smallest absolute Gasteiger partial charge is 0.251 e. The Morgan fingerprint density at radius 3 is 2.67 bits per heavy atom. The van der Waals surface area contributed by atoms with Crippen LogP contribution in [0.3, 0.4) is 0 Å². The lowest BCUT2D eigenvalue weighted by atomic mass is 9.98. The Morgan fingerprint density at radius 1 is 1.19 bits per heavy atom. The summed E-state index contributed by atoms with van der Waals surface area (Å²) in [5.41, 5.74) is 3.03. The maximum atomic E-state index is 12.4. The van der Waals surface area contributed by atoms with E-state index < -0.39 is 0 Å². The second kappa shape index (κ2) is 7.27. The zero-order valence-corrected chi connectivity index (χ0v) is 13.2. The van der Waals surface area contributed by atoms with E-state index in [2.05, 4.69) is 13.0 Å². The van der Waals surface area contributed by atoms with Crippen molar-refractivity contribution in [2.45, 2.75) is 31.7 Å². The number of carbonyl (C=O) groups excluding carboxylic acids is 1. The second-order valence-electron chi connectivity index (χ2n) is 4.78. The Balaban J connectivity index is 2.15. The maximum absolute atomic E-state index is 12.4. The first-order valence-corrected chi connectivity index (χ1v) is 8.10. The lowest BCUT2D eigenvalue weighted by molar-refractivity contribution is -0.645. The van der Waals surface area contributed by atoms with Crippen LogP contribution in [0.4, 0.5) is 0 Å². The quantitative estimate of drug-likeness (QED) is 0.355. The molecule has 2 rings (SSSR count). The van der Waals surface area contributed by atoms with Crippen LogP contribution >= 0.6 is 11.8 Å². The van der Waals surface area contributed by atoms with Gasteiger partial charge in [0.15, 0.2) is 12.0 Å². The number of nitrogens with zero attached hydrogens (tertiary/aromatic N) is 1. The molecule has 0 radical (unpaired) electrons. The van der Waals surface area contributed by atoms with Gasteiger partial charge in [-0.3, -0.25) is 4.79 Å². The van der Waals surface area contributed by atoms with E-state index in [4.69, 9.17) is 0 Å². The molecule has 0 saturated heterocycles. The molecule has 0 aliphatic rings. The average molecular weight is 301 g/mol. The Bertz CT molecular complexity index is 640. The fraction of sp³-hybridized carbons (Fsp3) is 0.294. The van der Waals surface area contributed by atoms with E-state index in [0.717, 1.165) is 28.7 Å². The fourth-order valence-corrected chi connectivity index (χ4v) is 2.95. The van der Waals surface area contributed by atoms with Gasteiger partial charge in [0.1, 0.15) is 0 Å². The molecule has 21 heavy (non-hydrogen) atoms. The van der Waals surface area contributed by atoms with Crippen molar-refractivity contribution in [3.05, 3.63) is 64.5 Å². The third kappa shape index (κ3) is 3.85. The Kier molecular flexibility index (Phi) is 5.39. The minimum absolute atomic E-state index is 0.0796. The molecule has 0 saturated carbocycles. The first-order valence-electron chi connectivity index (χ1n) is 7.11. The average Bonchev–Trinajstić information content (AvgIpc) is 2.53. The van der Waals surface area contributed by atoms with Crippen molar-refractivity contribution in [3.63, 3.8) is 0 Å². The van der Waals surface area contributed by atoms with Crippen LogP contribution in [-0.2, 0) is 12.8 Å². The number of hydrogen-bond acceptors (Lipinski definition) is 3. The first-order chi connectivity index (χ1) is 10.2. The third-order valence-electron chi connectivity index (χ3n) is 3.40. The second-order valence-corrected chi connectivity index (χ2v) is 5.77. The number of hydrogen-bond donors (Lipinski definition) is 0. The normalized spacial score (nSPS) is 10.6. The first kappa shape index (κ1) is 15.6. The summed E-state index contributed by atoms with van der Waals surface area (Å²) in [5, 5.41) is 12.1. The van der Waals surface area contributed by atoms with E-state index in [1.165, 1.54) is 23.5 Å². The van der Waals surface area contributed by atoms with Gasteiger partial charge in [0.25, 0.3) is 5.03 Å². The van der Waals surface area contributed by atoms with Gasteiger partial charge in [0, 0.05) is 17.7 Å². The SMILES string of the molecule is CCc1ccc(CC)c(C(=O)CSc2cccc[n+]2[O-])c1. The molecule has 1 aromatic heterocycles. The van der Waals surface area contributed by atoms with Gasteiger partial charge in [-0.2, -0.15) is 4.73 Å². The van der Waals surface area contributed by atoms with Crippen molar-refractivity contribution in [2.24, 2.45) is 0 Å². The van der Waals surface area contributed by atoms with Crippen LogP contribution in [-0.4, -0.2) is 11.5 Å². The number of pyridine rings is 1. The van der Waals surface area contributed by atoms with Crippen LogP contribution in [0.5, 0.6) is 0 Å². The summed E-state index contributed by atoms with van der Waals surface area (Å²) in [6, 6.07) is 11.3. The van der Waals surface area contributed by atoms with Crippen LogP contribution in [0, 0.1) is 5.21 Å². The molecule has 3 nitrogen and oxygen atoms in total. The lowest BCUT2D eigenvalue weighted by Gasteiger charge is -2.09. The van der Waals surface area contributed by atoms with Crippen molar-refractivity contribution >= 4 is 17.5 Å². The van der Waals surface area contributed by atoms with Crippen LogP contribution in [0.25, 0.3) is 0 Å². The lowest BCUT2D eigenvalue weighted by Crippen LogP contribution is -2.28. The number of ketones is 1. The van der Waals surface area contributed by atoms with Crippen molar-refractivity contribution in [1.82, 2.24) is 0 Å². The van der Waals surface area contributed by atoms with Crippen LogP contribution in [0.2, 0.25) is 0 Å². The maximum Gasteiger partial charge on any atom is 0.251 e. The Hall–Kier alpha value is -1.81. The molecule has 0 N–H and O–H groups in total. The molecule has 110 valence electrons. The van der Waals surface area contributed by atoms with E-state index in [1.54, 1.807) is 18.2 Å². The summed E-state index contributed by atoms with van der Waals surface area (Å²) in [4.78, 5) is 12.4. The topological polar surface area (TPSA) is 44.0 Å². The van der Waals surface area contributed by atoms with Crippen molar-refractivity contribution in [3.8, 4) is 0 Å². The van der Waals surface area contributed by atoms with Crippen molar-refractivity contribution in [1.29, 1.82) is 0 Å². The summed E-state index contributed by atoms with van der Waals surface area (Å²) >= 11 is 1.28. The van der Waals surface area contributed by atoms with Gasteiger partial charge in [-0.05, 0) is 47.9 Å². The largest absolute Gasteiger partial charge is 0.618 e. The summed E-state index contributed by atoms with van der Waals surface area (Å²) in [7, 11) is 0. The summed E-state index contributed by atoms with van der Waals surface area (Å²) in [6.45, 7) is 4.13. The minimum Gasteiger partial charge on any atom is -0.618 e. The van der Waals surface area contributed by atoms with E-state index >= 15 is 0 Å². The number of rotatable bonds is 6. The summed E-state index contributed by atoms with van der Waals surface area (Å²) in [6.07, 6.45) is 3.20. The van der Waals surface area contributed by atoms with E-state index in [0.29, 0.717) is 5.03 Å². The number of thioether (sulfide) groups is 1. The van der Waals surface area contributed by atoms with Crippen LogP contribution in [0.1, 0.15) is 35.3 Å². The molecule has 2 aromatic rings. The number of aryl methyl sites for hydroxylation is 2. The molecule has 0 spiro atoms. The highest BCUT2D eigenvalue weighted by molar-refractivity contribution is 7.99. The standard InChI is InChI=1S/C17H19NO2S/c1-3-13-8-9-14(4-2)15(11-13)16(19)12-21-17-7-5-6-10-18(17)20/h5-11H,3-4,12H2,1-2H3. The number of benzene rings is 1. The number of aromatic nitrogens is 1. The molecule has 1 heterocycles. The van der Waals surface area contributed by atoms with E-state index in [-0.39, 0.29) is 11.5 Å². The van der Waals surface area contributed by atoms with Gasteiger partial charge < -0.3 is 5.21 Å². The van der Waals surface area contributed by atoms with Gasteiger partial charge in [-0.1, -0.05) is 26.0 Å². The molecule has 0 aliphatic heterocycles. The summed E-state index contributed by atoms with van der Waals surface area (Å²) < 4.78 is 0.793. The zero-order valence-electron chi connectivity index (χ0n) is 12.3. The van der Waals surface area contributed by atoms with Crippen LogP contribution < -0.4 is 4.73 Å². The van der Waals surface area contributed by atoms with Crippen molar-refractivity contribution in [2.75, 3.05) is 5.75 Å². The zero-order chi connectivity index (χ0) is 15.2. The monoisotopic (exact) mass is 301 g/mol. The van der Waals surface area contributed by atoms with Crippen molar-refractivity contribution < 1.29 is 9.52 Å². The molecule has 0 fully saturated rings. The Morgan fingerprint density at radius 2 is 2.00 bits per heavy atom. The summed E-state index contributed by atoms with van der Waals surface area (Å²) in [5.74, 6) is 0.364. The molecular formula is C17H19NO2S. The molecule has 0 amide bonds. The van der Waals surface area contributed by atoms with Gasteiger partial charge in [0.05, 0.1) is 5.75 Å². The fourth-order valence-electron chi connectivity index (χ4n) is 2.15. The van der Waals surface area contributed by atoms with E-state index in [1.807, 2.05) is 19.1 Å². The predicted molar refractivity (Wildman–Crippen MR) is 85.7 cm³/mol. The van der Waals surface area contributed by atoms with Gasteiger partial charge >= 0.3 is 0 Å². The third-order valence-corrected chi connectivity index (χ3v) is 4.42. The highest BCUT2D eigenvalue weighted by atomic mass is 32.2. The number of carbonyl (C=O) groups is 1. The van der Waals surface area contributed by atoms with Crippen LogP contribution in [0.15, 0.2) is 47.6 Å². The molecule has 0 unspecified atom stereocenters. The number of Topliss-reactive ketones (excluding diaryl/α,β-unsaturated/α-hetero) is 1. The molecule has 0 atom stereocenters. The molecule has 0 aliphatic carbocycles. The Labute approximate surface area is 129 Å². The van der Waals surface area contributed by atoms with E-state index in [9.17, 15) is 10.0 Å². The van der Waals surface area contributed by atoms with Gasteiger partial charge in [0.2, 0.25) is 0 Å². The molecule has 0 bridgehead atoms. The highest BCUT2D eigenvalue weighted by Crippen LogP contribution is 2.19.